The molecule has 96 valence electrons. The summed E-state index contributed by atoms with van der Waals surface area (Å²) in [6, 6.07) is 3.84. The third kappa shape index (κ3) is 2.50. The molecule has 1 fully saturated rings. The van der Waals surface area contributed by atoms with E-state index in [9.17, 15) is 14.0 Å². The van der Waals surface area contributed by atoms with Gasteiger partial charge in [-0.2, -0.15) is 0 Å². The summed E-state index contributed by atoms with van der Waals surface area (Å²) in [7, 11) is 1.18. The molecule has 2 rings (SSSR count). The minimum atomic E-state index is -0.761. The Morgan fingerprint density at radius 3 is 2.67 bits per heavy atom. The molecule has 1 saturated carbocycles. The first-order valence-corrected chi connectivity index (χ1v) is 5.71. The molecule has 1 amide bonds. The highest BCUT2D eigenvalue weighted by Gasteiger charge is 2.39. The first-order chi connectivity index (χ1) is 8.52. The molecule has 4 nitrogen and oxygen atoms in total. The average Bonchev–Trinajstić information content (AvgIpc) is 3.08. The smallest absolute Gasteiger partial charge is 0.340 e. The minimum absolute atomic E-state index is 0.0247. The first-order valence-electron chi connectivity index (χ1n) is 5.71. The third-order valence-corrected chi connectivity index (χ3v) is 3.09. The maximum atomic E-state index is 13.4. The number of carbonyl (C=O) groups excluding carboxylic acids is 2. The van der Waals surface area contributed by atoms with Crippen molar-refractivity contribution >= 4 is 17.6 Å². The second-order valence-corrected chi connectivity index (χ2v) is 4.49. The van der Waals surface area contributed by atoms with E-state index in [4.69, 9.17) is 0 Å². The van der Waals surface area contributed by atoms with E-state index in [0.29, 0.717) is 11.6 Å². The summed E-state index contributed by atoms with van der Waals surface area (Å²) in [4.78, 5) is 23.0. The quantitative estimate of drug-likeness (QED) is 0.838. The van der Waals surface area contributed by atoms with Crippen molar-refractivity contribution < 1.29 is 18.7 Å². The van der Waals surface area contributed by atoms with Gasteiger partial charge in [0, 0.05) is 11.6 Å². The van der Waals surface area contributed by atoms with Crippen molar-refractivity contribution in [2.45, 2.75) is 13.3 Å². The van der Waals surface area contributed by atoms with E-state index in [1.807, 2.05) is 6.92 Å². The minimum Gasteiger partial charge on any atom is -0.465 e. The van der Waals surface area contributed by atoms with E-state index in [2.05, 4.69) is 10.1 Å². The molecule has 0 bridgehead atoms. The van der Waals surface area contributed by atoms with Crippen molar-refractivity contribution in [3.8, 4) is 0 Å². The zero-order valence-corrected chi connectivity index (χ0v) is 10.2. The highest BCUT2D eigenvalue weighted by atomic mass is 19.1. The maximum absolute atomic E-state index is 13.4. The number of nitrogens with one attached hydrogen (secondary N) is 1. The van der Waals surface area contributed by atoms with Crippen LogP contribution in [0.1, 0.15) is 23.7 Å². The van der Waals surface area contributed by atoms with Gasteiger partial charge in [0.25, 0.3) is 0 Å². The lowest BCUT2D eigenvalue weighted by molar-refractivity contribution is -0.117. The molecule has 1 aliphatic rings. The fraction of sp³-hybridized carbons (Fsp3) is 0.385. The molecule has 5 heteroatoms. The van der Waals surface area contributed by atoms with Crippen molar-refractivity contribution in [3.05, 3.63) is 29.6 Å². The van der Waals surface area contributed by atoms with Crippen LogP contribution in [0.2, 0.25) is 0 Å². The Balaban J connectivity index is 2.14. The molecule has 2 atom stereocenters. The van der Waals surface area contributed by atoms with Crippen LogP contribution in [-0.2, 0) is 9.53 Å². The summed E-state index contributed by atoms with van der Waals surface area (Å²) < 4.78 is 17.8. The Labute approximate surface area is 104 Å². The van der Waals surface area contributed by atoms with Crippen molar-refractivity contribution in [2.75, 3.05) is 12.4 Å². The zero-order chi connectivity index (χ0) is 13.3. The van der Waals surface area contributed by atoms with Gasteiger partial charge < -0.3 is 10.1 Å². The number of halogens is 1. The Kier molecular flexibility index (Phi) is 3.32. The molecule has 0 saturated heterocycles. The van der Waals surface area contributed by atoms with Crippen LogP contribution in [0, 0.1) is 17.7 Å². The number of amides is 1. The zero-order valence-electron chi connectivity index (χ0n) is 10.2. The fourth-order valence-electron chi connectivity index (χ4n) is 1.79. The van der Waals surface area contributed by atoms with Crippen LogP contribution in [0.25, 0.3) is 0 Å². The van der Waals surface area contributed by atoms with Gasteiger partial charge in [-0.25, -0.2) is 9.18 Å². The number of hydrogen-bond donors (Lipinski definition) is 1. The molecular formula is C13H14FNO3. The number of esters is 1. The van der Waals surface area contributed by atoms with Crippen LogP contribution < -0.4 is 5.32 Å². The van der Waals surface area contributed by atoms with E-state index in [1.165, 1.54) is 19.2 Å². The van der Waals surface area contributed by atoms with Crippen LogP contribution in [0.3, 0.4) is 0 Å². The predicted octanol–water partition coefficient (Wildman–Crippen LogP) is 2.21. The summed E-state index contributed by atoms with van der Waals surface area (Å²) in [6.07, 6.45) is 0.872. The molecule has 0 spiro atoms. The summed E-state index contributed by atoms with van der Waals surface area (Å²) in [5.41, 5.74) is 0.222. The van der Waals surface area contributed by atoms with Gasteiger partial charge in [-0.3, -0.25) is 4.79 Å². The summed E-state index contributed by atoms with van der Waals surface area (Å²) in [6.45, 7) is 1.99. The van der Waals surface area contributed by atoms with Crippen LogP contribution in [-0.4, -0.2) is 19.0 Å². The molecule has 1 N–H and O–H groups in total. The number of ether oxygens (including phenoxy) is 1. The molecule has 0 radical (unpaired) electrons. The van der Waals surface area contributed by atoms with Crippen LogP contribution in [0.15, 0.2) is 18.2 Å². The lowest BCUT2D eigenvalue weighted by Crippen LogP contribution is -2.15. The number of anilines is 1. The van der Waals surface area contributed by atoms with Crippen LogP contribution in [0.4, 0.5) is 10.1 Å². The van der Waals surface area contributed by atoms with Gasteiger partial charge in [0.2, 0.25) is 5.91 Å². The lowest BCUT2D eigenvalue weighted by atomic mass is 10.2. The second-order valence-electron chi connectivity index (χ2n) is 4.49. The lowest BCUT2D eigenvalue weighted by Gasteiger charge is -2.07. The van der Waals surface area contributed by atoms with Gasteiger partial charge in [-0.05, 0) is 30.5 Å². The number of benzene rings is 1. The standard InChI is InChI=1S/C13H14FNO3/c1-7-5-9(7)12(16)15-8-3-4-11(14)10(6-8)13(17)18-2/h3-4,6-7,9H,5H2,1-2H3,(H,15,16)/t7-,9-/m0/s1. The molecule has 0 aromatic heterocycles. The molecule has 1 aliphatic carbocycles. The largest absolute Gasteiger partial charge is 0.465 e. The van der Waals surface area contributed by atoms with E-state index in [0.717, 1.165) is 12.5 Å². The third-order valence-electron chi connectivity index (χ3n) is 3.09. The SMILES string of the molecule is COC(=O)c1cc(NC(=O)[C@H]2C[C@@H]2C)ccc1F. The Bertz CT molecular complexity index is 501. The predicted molar refractivity (Wildman–Crippen MR) is 63.6 cm³/mol. The van der Waals surface area contributed by atoms with Gasteiger partial charge in [-0.15, -0.1) is 0 Å². The van der Waals surface area contributed by atoms with Crippen LogP contribution >= 0.6 is 0 Å². The van der Waals surface area contributed by atoms with E-state index in [-0.39, 0.29) is 17.4 Å². The fourth-order valence-corrected chi connectivity index (χ4v) is 1.79. The van der Waals surface area contributed by atoms with E-state index >= 15 is 0 Å². The number of hydrogen-bond acceptors (Lipinski definition) is 3. The van der Waals surface area contributed by atoms with E-state index in [1.54, 1.807) is 0 Å². The average molecular weight is 251 g/mol. The summed E-state index contributed by atoms with van der Waals surface area (Å²) >= 11 is 0. The Morgan fingerprint density at radius 2 is 2.11 bits per heavy atom. The molecule has 18 heavy (non-hydrogen) atoms. The topological polar surface area (TPSA) is 55.4 Å². The Hall–Kier alpha value is -1.91. The van der Waals surface area contributed by atoms with E-state index < -0.39 is 11.8 Å². The molecule has 0 unspecified atom stereocenters. The molecular weight excluding hydrogens is 237 g/mol. The van der Waals surface area contributed by atoms with Crippen molar-refractivity contribution in [2.24, 2.45) is 11.8 Å². The summed E-state index contributed by atoms with van der Waals surface area (Å²) in [5, 5.41) is 2.67. The normalized spacial score (nSPS) is 21.3. The number of carbonyl (C=O) groups is 2. The van der Waals surface area contributed by atoms with Crippen molar-refractivity contribution in [1.29, 1.82) is 0 Å². The van der Waals surface area contributed by atoms with Crippen molar-refractivity contribution in [3.63, 3.8) is 0 Å². The van der Waals surface area contributed by atoms with Gasteiger partial charge in [-0.1, -0.05) is 6.92 Å². The van der Waals surface area contributed by atoms with Crippen molar-refractivity contribution in [1.82, 2.24) is 0 Å². The molecule has 0 aliphatic heterocycles. The Morgan fingerprint density at radius 1 is 1.44 bits per heavy atom. The highest BCUT2D eigenvalue weighted by Crippen LogP contribution is 2.38. The van der Waals surface area contributed by atoms with Gasteiger partial charge in [0.05, 0.1) is 12.7 Å². The van der Waals surface area contributed by atoms with Gasteiger partial charge in [0.15, 0.2) is 0 Å². The van der Waals surface area contributed by atoms with Gasteiger partial charge in [0.1, 0.15) is 5.82 Å². The van der Waals surface area contributed by atoms with Crippen LogP contribution in [0.5, 0.6) is 0 Å². The number of methoxy groups -OCH3 is 1. The molecule has 0 heterocycles. The number of rotatable bonds is 3. The monoisotopic (exact) mass is 251 g/mol. The highest BCUT2D eigenvalue weighted by molar-refractivity contribution is 5.96. The first kappa shape index (κ1) is 12.5. The second kappa shape index (κ2) is 4.76. The van der Waals surface area contributed by atoms with Gasteiger partial charge >= 0.3 is 5.97 Å². The molecule has 1 aromatic rings. The summed E-state index contributed by atoms with van der Waals surface area (Å²) in [5.74, 6) is -1.10. The molecule has 1 aromatic carbocycles. The maximum Gasteiger partial charge on any atom is 0.340 e.